The Morgan fingerprint density at radius 3 is 2.76 bits per heavy atom. The molecular formula is C13H10F2O2. The van der Waals surface area contributed by atoms with E-state index in [1.165, 1.54) is 12.1 Å². The predicted octanol–water partition coefficient (Wildman–Crippen LogP) is 2.24. The van der Waals surface area contributed by atoms with Crippen LogP contribution >= 0.6 is 0 Å². The summed E-state index contributed by atoms with van der Waals surface area (Å²) in [6.07, 6.45) is 2.97. The summed E-state index contributed by atoms with van der Waals surface area (Å²) in [5.74, 6) is -1.34. The van der Waals surface area contributed by atoms with Crippen LogP contribution in [0.5, 0.6) is 0 Å². The molecule has 0 bridgehead atoms. The van der Waals surface area contributed by atoms with Gasteiger partial charge in [0.05, 0.1) is 6.10 Å². The lowest BCUT2D eigenvalue weighted by atomic mass is 9.93. The van der Waals surface area contributed by atoms with Crippen molar-refractivity contribution in [2.45, 2.75) is 12.5 Å². The van der Waals surface area contributed by atoms with Gasteiger partial charge < -0.3 is 5.11 Å². The van der Waals surface area contributed by atoms with Crippen molar-refractivity contribution in [3.63, 3.8) is 0 Å². The Morgan fingerprint density at radius 1 is 1.35 bits per heavy atom. The molecule has 1 atom stereocenters. The number of allylic oxidation sites excluding steroid dienone is 2. The van der Waals surface area contributed by atoms with Gasteiger partial charge in [0.2, 0.25) is 0 Å². The summed E-state index contributed by atoms with van der Waals surface area (Å²) in [7, 11) is 0. The van der Waals surface area contributed by atoms with Crippen LogP contribution in [0.1, 0.15) is 12.0 Å². The second kappa shape index (κ2) is 4.59. The predicted molar refractivity (Wildman–Crippen MR) is 59.1 cm³/mol. The Balaban J connectivity index is 2.42. The van der Waals surface area contributed by atoms with Crippen LogP contribution in [0.2, 0.25) is 0 Å². The lowest BCUT2D eigenvalue weighted by molar-refractivity contribution is -0.105. The van der Waals surface area contributed by atoms with E-state index in [4.69, 9.17) is 0 Å². The topological polar surface area (TPSA) is 37.3 Å². The van der Waals surface area contributed by atoms with Gasteiger partial charge in [-0.1, -0.05) is 6.08 Å². The van der Waals surface area contributed by atoms with Gasteiger partial charge in [0.15, 0.2) is 0 Å². The fourth-order valence-electron chi connectivity index (χ4n) is 1.73. The minimum Gasteiger partial charge on any atom is -0.388 e. The maximum Gasteiger partial charge on any atom is 0.148 e. The number of aliphatic hydroxyl groups excluding tert-OH is 1. The lowest BCUT2D eigenvalue weighted by Gasteiger charge is -2.16. The van der Waals surface area contributed by atoms with Crippen LogP contribution in [0.4, 0.5) is 8.78 Å². The molecular weight excluding hydrogens is 226 g/mol. The van der Waals surface area contributed by atoms with Crippen LogP contribution < -0.4 is 0 Å². The van der Waals surface area contributed by atoms with E-state index in [9.17, 15) is 18.7 Å². The highest BCUT2D eigenvalue weighted by Crippen LogP contribution is 2.27. The van der Waals surface area contributed by atoms with E-state index in [0.717, 1.165) is 12.1 Å². The zero-order chi connectivity index (χ0) is 12.4. The minimum absolute atomic E-state index is 0.200. The molecule has 1 aliphatic carbocycles. The first-order valence-electron chi connectivity index (χ1n) is 5.12. The van der Waals surface area contributed by atoms with Crippen molar-refractivity contribution in [1.82, 2.24) is 0 Å². The molecule has 0 amide bonds. The van der Waals surface area contributed by atoms with Crippen molar-refractivity contribution >= 4 is 11.9 Å². The summed E-state index contributed by atoms with van der Waals surface area (Å²) in [6.45, 7) is 0. The molecule has 0 aromatic heterocycles. The number of hydrogen-bond donors (Lipinski definition) is 1. The van der Waals surface area contributed by atoms with Crippen molar-refractivity contribution in [3.05, 3.63) is 53.1 Å². The molecule has 1 unspecified atom stereocenters. The second-order valence-corrected chi connectivity index (χ2v) is 3.80. The Hall–Kier alpha value is -1.81. The minimum atomic E-state index is -0.847. The summed E-state index contributed by atoms with van der Waals surface area (Å²) in [4.78, 5) is 10.7. The number of rotatable bonds is 2. The standard InChI is InChI=1S/C13H10F2O2/c14-10-2-3-11(12(15)6-10)8-1-4-13(17)9(5-8)7-16/h1-3,5-7,13,17H,4H2. The molecule has 88 valence electrons. The third kappa shape index (κ3) is 2.31. The number of halogens is 2. The third-order valence-electron chi connectivity index (χ3n) is 2.65. The largest absolute Gasteiger partial charge is 0.388 e. The number of aliphatic hydroxyl groups is 1. The van der Waals surface area contributed by atoms with Crippen LogP contribution in [-0.2, 0) is 4.79 Å². The maximum atomic E-state index is 13.5. The Morgan fingerprint density at radius 2 is 2.12 bits per heavy atom. The van der Waals surface area contributed by atoms with E-state index in [0.29, 0.717) is 11.9 Å². The lowest BCUT2D eigenvalue weighted by Crippen LogP contribution is -2.13. The van der Waals surface area contributed by atoms with Crippen molar-refractivity contribution in [2.24, 2.45) is 0 Å². The molecule has 4 heteroatoms. The third-order valence-corrected chi connectivity index (χ3v) is 2.65. The van der Waals surface area contributed by atoms with Crippen LogP contribution in [-0.4, -0.2) is 17.5 Å². The number of carbonyl (C=O) groups is 1. The second-order valence-electron chi connectivity index (χ2n) is 3.80. The van der Waals surface area contributed by atoms with Gasteiger partial charge in [-0.15, -0.1) is 0 Å². The van der Waals surface area contributed by atoms with E-state index >= 15 is 0 Å². The van der Waals surface area contributed by atoms with Gasteiger partial charge in [-0.05, 0) is 30.2 Å². The number of aldehydes is 1. The van der Waals surface area contributed by atoms with Gasteiger partial charge in [0, 0.05) is 17.2 Å². The normalized spacial score (nSPS) is 19.6. The first kappa shape index (κ1) is 11.7. The first-order valence-corrected chi connectivity index (χ1v) is 5.12. The van der Waals surface area contributed by atoms with Crippen LogP contribution in [0.25, 0.3) is 5.57 Å². The molecule has 1 aromatic rings. The molecule has 1 aliphatic rings. The number of benzene rings is 1. The Kier molecular flexibility index (Phi) is 3.15. The quantitative estimate of drug-likeness (QED) is 0.799. The van der Waals surface area contributed by atoms with Gasteiger partial charge in [0.1, 0.15) is 17.9 Å². The molecule has 0 spiro atoms. The average molecular weight is 236 g/mol. The molecule has 1 aromatic carbocycles. The maximum absolute atomic E-state index is 13.5. The summed E-state index contributed by atoms with van der Waals surface area (Å²) < 4.78 is 26.3. The molecule has 17 heavy (non-hydrogen) atoms. The molecule has 0 aliphatic heterocycles. The van der Waals surface area contributed by atoms with Gasteiger partial charge in [0.25, 0.3) is 0 Å². The van der Waals surface area contributed by atoms with Gasteiger partial charge in [-0.25, -0.2) is 8.78 Å². The zero-order valence-corrected chi connectivity index (χ0v) is 8.86. The monoisotopic (exact) mass is 236 g/mol. The van der Waals surface area contributed by atoms with E-state index in [1.807, 2.05) is 0 Å². The SMILES string of the molecule is O=CC1=CC(c2ccc(F)cc2F)=CCC1O. The fraction of sp³-hybridized carbons (Fsp3) is 0.154. The average Bonchev–Trinajstić information content (AvgIpc) is 2.30. The van der Waals surface area contributed by atoms with Crippen LogP contribution in [0, 0.1) is 11.6 Å². The van der Waals surface area contributed by atoms with Crippen molar-refractivity contribution < 1.29 is 18.7 Å². The summed E-state index contributed by atoms with van der Waals surface area (Å²) >= 11 is 0. The van der Waals surface area contributed by atoms with Crippen LogP contribution in [0.15, 0.2) is 35.9 Å². The Labute approximate surface area is 96.9 Å². The van der Waals surface area contributed by atoms with Gasteiger partial charge in [-0.2, -0.15) is 0 Å². The van der Waals surface area contributed by atoms with E-state index < -0.39 is 17.7 Å². The smallest absolute Gasteiger partial charge is 0.148 e. The molecule has 2 nitrogen and oxygen atoms in total. The molecule has 0 radical (unpaired) electrons. The number of carbonyl (C=O) groups excluding carboxylic acids is 1. The van der Waals surface area contributed by atoms with Crippen molar-refractivity contribution in [3.8, 4) is 0 Å². The first-order chi connectivity index (χ1) is 8.11. The zero-order valence-electron chi connectivity index (χ0n) is 8.86. The number of hydrogen-bond acceptors (Lipinski definition) is 2. The van der Waals surface area contributed by atoms with Crippen molar-refractivity contribution in [2.75, 3.05) is 0 Å². The highest BCUT2D eigenvalue weighted by atomic mass is 19.1. The summed E-state index contributed by atoms with van der Waals surface area (Å²) in [5, 5.41) is 9.45. The molecule has 0 saturated carbocycles. The molecule has 0 fully saturated rings. The molecule has 0 heterocycles. The summed E-state index contributed by atoms with van der Waals surface area (Å²) in [6, 6.07) is 3.25. The summed E-state index contributed by atoms with van der Waals surface area (Å²) in [5.41, 5.74) is 0.902. The van der Waals surface area contributed by atoms with Crippen LogP contribution in [0.3, 0.4) is 0 Å². The molecule has 0 saturated heterocycles. The Bertz CT molecular complexity index is 518. The van der Waals surface area contributed by atoms with E-state index in [1.54, 1.807) is 6.08 Å². The highest BCUT2D eigenvalue weighted by Gasteiger charge is 2.17. The van der Waals surface area contributed by atoms with Gasteiger partial charge >= 0.3 is 0 Å². The van der Waals surface area contributed by atoms with E-state index in [2.05, 4.69) is 0 Å². The fourth-order valence-corrected chi connectivity index (χ4v) is 1.73. The molecule has 1 N–H and O–H groups in total. The van der Waals surface area contributed by atoms with E-state index in [-0.39, 0.29) is 17.6 Å². The van der Waals surface area contributed by atoms with Gasteiger partial charge in [-0.3, -0.25) is 4.79 Å². The molecule has 2 rings (SSSR count). The van der Waals surface area contributed by atoms with Crippen molar-refractivity contribution in [1.29, 1.82) is 0 Å². The highest BCUT2D eigenvalue weighted by molar-refractivity contribution is 5.86.